The Balaban J connectivity index is 1.46. The molecule has 2 heteroatoms. The van der Waals surface area contributed by atoms with Crippen molar-refractivity contribution in [3.05, 3.63) is 168 Å². The standard InChI is InChI=1S/C41H34N2/c1-29(15-14-18-30-16-8-9-17-30)36-28-37-34-24-11-10-19-31(34)27-38(37)41-40(36)35-25-12-13-26-39(35)43(41)42(32-20-4-2-5-21-32)33-22-6-3-7-23-33/h2-6,8-22,24-26,28,30H,7,23,27H2,1H3/b18-14-,29-15+. The first-order valence-corrected chi connectivity index (χ1v) is 15.4. The second-order valence-corrected chi connectivity index (χ2v) is 11.7. The molecule has 0 aliphatic heterocycles. The van der Waals surface area contributed by atoms with Crippen LogP contribution in [0, 0.1) is 5.92 Å². The zero-order valence-corrected chi connectivity index (χ0v) is 24.4. The number of benzene rings is 4. The van der Waals surface area contributed by atoms with Gasteiger partial charge in [0.2, 0.25) is 0 Å². The van der Waals surface area contributed by atoms with E-state index in [0.717, 1.165) is 19.3 Å². The predicted octanol–water partition coefficient (Wildman–Crippen LogP) is 10.6. The number of hydrogen-bond donors (Lipinski definition) is 0. The minimum absolute atomic E-state index is 0.370. The Kier molecular flexibility index (Phi) is 6.34. The van der Waals surface area contributed by atoms with Crippen molar-refractivity contribution in [3.63, 3.8) is 0 Å². The van der Waals surface area contributed by atoms with Crippen molar-refractivity contribution in [1.82, 2.24) is 4.68 Å². The summed E-state index contributed by atoms with van der Waals surface area (Å²) in [6, 6.07) is 31.2. The number of fused-ring (bicyclic) bond motifs is 7. The summed E-state index contributed by atoms with van der Waals surface area (Å²) in [6.45, 7) is 2.27. The first-order chi connectivity index (χ1) is 21.3. The Hall–Kier alpha value is -5.08. The van der Waals surface area contributed by atoms with E-state index in [1.807, 2.05) is 0 Å². The molecule has 5 aromatic rings. The van der Waals surface area contributed by atoms with Gasteiger partial charge in [-0.05, 0) is 83.5 Å². The summed E-state index contributed by atoms with van der Waals surface area (Å²) in [6.07, 6.45) is 25.2. The summed E-state index contributed by atoms with van der Waals surface area (Å²) in [5, 5.41) is 5.09. The van der Waals surface area contributed by atoms with Gasteiger partial charge in [-0.1, -0.05) is 115 Å². The minimum Gasteiger partial charge on any atom is -0.253 e. The van der Waals surface area contributed by atoms with Gasteiger partial charge in [0.05, 0.1) is 16.7 Å². The lowest BCUT2D eigenvalue weighted by atomic mass is 9.93. The van der Waals surface area contributed by atoms with Crippen molar-refractivity contribution in [1.29, 1.82) is 0 Å². The van der Waals surface area contributed by atoms with Gasteiger partial charge in [-0.25, -0.2) is 4.68 Å². The van der Waals surface area contributed by atoms with Crippen LogP contribution in [-0.2, 0) is 6.42 Å². The third kappa shape index (κ3) is 4.33. The molecule has 0 unspecified atom stereocenters. The predicted molar refractivity (Wildman–Crippen MR) is 183 cm³/mol. The second kappa shape index (κ2) is 10.6. The van der Waals surface area contributed by atoms with Gasteiger partial charge < -0.3 is 0 Å². The third-order valence-corrected chi connectivity index (χ3v) is 9.04. The molecule has 0 bridgehead atoms. The average molecular weight is 555 g/mol. The van der Waals surface area contributed by atoms with Gasteiger partial charge in [-0.15, -0.1) is 0 Å². The Morgan fingerprint density at radius 3 is 2.49 bits per heavy atom. The topological polar surface area (TPSA) is 8.17 Å². The summed E-state index contributed by atoms with van der Waals surface area (Å²) in [5.41, 5.74) is 13.1. The molecule has 1 heterocycles. The zero-order chi connectivity index (χ0) is 28.8. The maximum Gasteiger partial charge on any atom is 0.0763 e. The van der Waals surface area contributed by atoms with E-state index in [1.54, 1.807) is 0 Å². The molecule has 43 heavy (non-hydrogen) atoms. The van der Waals surface area contributed by atoms with E-state index in [1.165, 1.54) is 66.6 Å². The monoisotopic (exact) mass is 554 g/mol. The highest BCUT2D eigenvalue weighted by atomic mass is 15.6. The van der Waals surface area contributed by atoms with Gasteiger partial charge in [-0.2, -0.15) is 0 Å². The van der Waals surface area contributed by atoms with E-state index in [2.05, 4.69) is 162 Å². The molecule has 0 atom stereocenters. The fourth-order valence-corrected chi connectivity index (χ4v) is 7.01. The highest BCUT2D eigenvalue weighted by molar-refractivity contribution is 6.16. The number of rotatable bonds is 6. The first-order valence-electron chi connectivity index (χ1n) is 15.4. The molecule has 0 amide bonds. The zero-order valence-electron chi connectivity index (χ0n) is 24.4. The summed E-state index contributed by atoms with van der Waals surface area (Å²) >= 11 is 0. The van der Waals surface area contributed by atoms with Crippen LogP contribution in [0.3, 0.4) is 0 Å². The highest BCUT2D eigenvalue weighted by Gasteiger charge is 2.29. The summed E-state index contributed by atoms with van der Waals surface area (Å²) < 4.78 is 2.52. The number of aromatic nitrogens is 1. The van der Waals surface area contributed by atoms with Crippen LogP contribution in [0.1, 0.15) is 36.5 Å². The Bertz CT molecular complexity index is 2050. The van der Waals surface area contributed by atoms with E-state index >= 15 is 0 Å². The Labute approximate surface area is 253 Å². The number of para-hydroxylation sites is 2. The van der Waals surface area contributed by atoms with Crippen LogP contribution < -0.4 is 5.01 Å². The fourth-order valence-electron chi connectivity index (χ4n) is 7.01. The molecular weight excluding hydrogens is 520 g/mol. The van der Waals surface area contributed by atoms with E-state index < -0.39 is 0 Å². The van der Waals surface area contributed by atoms with Crippen molar-refractivity contribution in [2.75, 3.05) is 5.01 Å². The van der Waals surface area contributed by atoms with Crippen molar-refractivity contribution in [2.24, 2.45) is 5.92 Å². The van der Waals surface area contributed by atoms with Crippen LogP contribution in [0.5, 0.6) is 0 Å². The van der Waals surface area contributed by atoms with Crippen LogP contribution in [0.25, 0.3) is 38.5 Å². The molecule has 0 saturated carbocycles. The fraction of sp³-hybridized carbons (Fsp3) is 0.122. The molecule has 1 aromatic heterocycles. The quantitative estimate of drug-likeness (QED) is 0.186. The van der Waals surface area contributed by atoms with Crippen LogP contribution in [0.4, 0.5) is 5.69 Å². The van der Waals surface area contributed by atoms with Gasteiger partial charge in [0, 0.05) is 28.8 Å². The number of hydrogen-bond acceptors (Lipinski definition) is 1. The lowest BCUT2D eigenvalue weighted by Crippen LogP contribution is -2.29. The van der Waals surface area contributed by atoms with E-state index in [-0.39, 0.29) is 0 Å². The summed E-state index contributed by atoms with van der Waals surface area (Å²) in [4.78, 5) is 0. The van der Waals surface area contributed by atoms with E-state index in [9.17, 15) is 0 Å². The minimum atomic E-state index is 0.370. The van der Waals surface area contributed by atoms with Crippen LogP contribution in [0.2, 0.25) is 0 Å². The van der Waals surface area contributed by atoms with Gasteiger partial charge >= 0.3 is 0 Å². The second-order valence-electron chi connectivity index (χ2n) is 11.7. The molecule has 0 spiro atoms. The number of allylic oxidation sites excluding steroid dienone is 12. The third-order valence-electron chi connectivity index (χ3n) is 9.04. The molecule has 4 aromatic carbocycles. The largest absolute Gasteiger partial charge is 0.253 e. The molecule has 0 N–H and O–H groups in total. The van der Waals surface area contributed by atoms with E-state index in [4.69, 9.17) is 0 Å². The summed E-state index contributed by atoms with van der Waals surface area (Å²) in [5.74, 6) is 0.370. The van der Waals surface area contributed by atoms with E-state index in [0.29, 0.717) is 5.92 Å². The summed E-state index contributed by atoms with van der Waals surface area (Å²) in [7, 11) is 0. The highest BCUT2D eigenvalue weighted by Crippen LogP contribution is 2.47. The van der Waals surface area contributed by atoms with Crippen molar-refractivity contribution in [2.45, 2.75) is 26.2 Å². The van der Waals surface area contributed by atoms with Crippen LogP contribution >= 0.6 is 0 Å². The van der Waals surface area contributed by atoms with Gasteiger partial charge in [0.25, 0.3) is 0 Å². The van der Waals surface area contributed by atoms with Crippen LogP contribution in [-0.4, -0.2) is 4.68 Å². The number of nitrogens with zero attached hydrogens (tertiary/aromatic N) is 2. The molecule has 3 aliphatic carbocycles. The first kappa shape index (κ1) is 25.6. The van der Waals surface area contributed by atoms with Gasteiger partial charge in [0.15, 0.2) is 0 Å². The van der Waals surface area contributed by atoms with Crippen molar-refractivity contribution >= 4 is 33.1 Å². The van der Waals surface area contributed by atoms with Gasteiger partial charge in [-0.3, -0.25) is 5.01 Å². The smallest absolute Gasteiger partial charge is 0.0763 e. The molecule has 2 nitrogen and oxygen atoms in total. The molecule has 3 aliphatic rings. The molecule has 0 fully saturated rings. The molecule has 8 rings (SSSR count). The maximum absolute atomic E-state index is 2.52. The SMILES string of the molecule is C/C(=C\C=C/C1C=CC=C1)c1cc2c(c3c1c1ccccc1n3N(C1=CC=CCC1)c1ccccc1)Cc1ccccc1-2. The van der Waals surface area contributed by atoms with Crippen molar-refractivity contribution < 1.29 is 0 Å². The Morgan fingerprint density at radius 2 is 1.65 bits per heavy atom. The normalized spacial score (nSPS) is 16.0. The lowest BCUT2D eigenvalue weighted by molar-refractivity contribution is 0.770. The van der Waals surface area contributed by atoms with Crippen molar-refractivity contribution in [3.8, 4) is 11.1 Å². The van der Waals surface area contributed by atoms with Crippen LogP contribution in [0.15, 0.2) is 151 Å². The molecule has 208 valence electrons. The van der Waals surface area contributed by atoms with Gasteiger partial charge in [0.1, 0.15) is 0 Å². The average Bonchev–Trinajstić information content (AvgIpc) is 3.79. The Morgan fingerprint density at radius 1 is 0.860 bits per heavy atom. The number of anilines is 1. The molecule has 0 saturated heterocycles. The molecule has 0 radical (unpaired) electrons. The molecular formula is C41H34N2. The maximum atomic E-state index is 2.52. The lowest BCUT2D eigenvalue weighted by Gasteiger charge is -2.31.